The molecule has 8 heteroatoms. The Labute approximate surface area is 199 Å². The van der Waals surface area contributed by atoms with Crippen molar-refractivity contribution in [1.82, 2.24) is 5.32 Å². The summed E-state index contributed by atoms with van der Waals surface area (Å²) in [6, 6.07) is -13.4. The Morgan fingerprint density at radius 1 is 1.25 bits per heavy atom. The molecule has 28 heavy (non-hydrogen) atoms. The Kier molecular flexibility index (Phi) is 2.34. The summed E-state index contributed by atoms with van der Waals surface area (Å²) in [7, 11) is -8.83. The highest BCUT2D eigenvalue weighted by Crippen LogP contribution is 2.26. The highest BCUT2D eigenvalue weighted by Gasteiger charge is 2.16. The van der Waals surface area contributed by atoms with E-state index in [1.165, 1.54) is 0 Å². The van der Waals surface area contributed by atoms with Crippen LogP contribution in [-0.4, -0.2) is 41.1 Å². The lowest BCUT2D eigenvalue weighted by Crippen LogP contribution is -2.32. The van der Waals surface area contributed by atoms with E-state index >= 15 is 0 Å². The predicted molar refractivity (Wildman–Crippen MR) is 109 cm³/mol. The van der Waals surface area contributed by atoms with Gasteiger partial charge in [-0.3, -0.25) is 0 Å². The molecule has 0 bridgehead atoms. The molecule has 0 saturated heterocycles. The molecule has 154 valence electrons. The molecule has 2 aromatic carbocycles. The van der Waals surface area contributed by atoms with Gasteiger partial charge in [0.05, 0.1) is 32.8 Å². The number of sulfonamides is 1. The van der Waals surface area contributed by atoms with Crippen LogP contribution in [0.25, 0.3) is 0 Å². The van der Waals surface area contributed by atoms with Crippen molar-refractivity contribution in [3.05, 3.63) is 47.9 Å². The molecule has 0 heterocycles. The van der Waals surface area contributed by atoms with Crippen LogP contribution in [0, 0.1) is 0 Å². The molecule has 0 aromatic heterocycles. The first-order valence-corrected chi connectivity index (χ1v) is 8.50. The van der Waals surface area contributed by atoms with Crippen LogP contribution in [-0.2, 0) is 16.4 Å². The molecule has 0 fully saturated rings. The summed E-state index contributed by atoms with van der Waals surface area (Å²) in [6.07, 6.45) is -4.03. The SMILES string of the molecule is [2H]c1c([2H])c([2H])c(OC([2H])([2H])C([2H])([2H])[2H])c(OC([2H])([2H])CN[C@]([2H])(C([2H])([2H])[2H])C([2H])([2H])c2c([2H])c([2H])c(OC([2H])([2H])[2H])c(S(N)(=O)=O)c2[2H])c1[2H]. The molecule has 1 atom stereocenters. The summed E-state index contributed by atoms with van der Waals surface area (Å²) >= 11 is 0. The molecule has 3 N–H and O–H groups in total. The van der Waals surface area contributed by atoms with Gasteiger partial charge in [0.2, 0.25) is 10.0 Å². The Balaban J connectivity index is 2.80. The minimum Gasteiger partial charge on any atom is -0.495 e. The number of primary sulfonamides is 1. The van der Waals surface area contributed by atoms with E-state index in [0.717, 1.165) is 0 Å². The topological polar surface area (TPSA) is 99.9 Å². The van der Waals surface area contributed by atoms with Crippen LogP contribution in [0.4, 0.5) is 0 Å². The van der Waals surface area contributed by atoms with Gasteiger partial charge in [-0.25, -0.2) is 13.6 Å². The number of hydrogen-bond acceptors (Lipinski definition) is 6. The lowest BCUT2D eigenvalue weighted by Gasteiger charge is -2.16. The maximum absolute atomic E-state index is 12.4. The van der Waals surface area contributed by atoms with Gasteiger partial charge in [0.25, 0.3) is 0 Å². The largest absolute Gasteiger partial charge is 0.495 e. The first kappa shape index (κ1) is 6.35. The van der Waals surface area contributed by atoms with E-state index in [4.69, 9.17) is 46.1 Å². The van der Waals surface area contributed by atoms with E-state index in [1.54, 1.807) is 5.32 Å². The van der Waals surface area contributed by atoms with Crippen LogP contribution in [0.15, 0.2) is 47.2 Å². The van der Waals surface area contributed by atoms with Crippen LogP contribution in [0.5, 0.6) is 17.2 Å². The zero-order valence-electron chi connectivity index (χ0n) is 36.7. The molecule has 0 spiro atoms. The van der Waals surface area contributed by atoms with Gasteiger partial charge >= 0.3 is 0 Å². The number of methoxy groups -OCH3 is 1. The molecule has 0 saturated carbocycles. The minimum atomic E-state index is -5.32. The Morgan fingerprint density at radius 3 is 2.71 bits per heavy atom. The standard InChI is InChI=1S/C20H28N2O5S/c1-4-26-17-7-5-6-8-18(17)27-12-11-22-15(2)13-16-9-10-19(25-3)20(14-16)28(21,23)24/h5-10,14-15,22H,4,11-13H2,1-3H3,(H2,21,23,24)/t15-/m1/s1/i1D3,2D3,3D3,4D2,5D,6D,7D,8D,9D,10D,12D2,13D2,14D,15D. The van der Waals surface area contributed by atoms with E-state index in [0.29, 0.717) is 0 Å². The zero-order chi connectivity index (χ0) is 40.5. The van der Waals surface area contributed by atoms with Crippen LogP contribution in [0.1, 0.15) is 50.8 Å². The summed E-state index contributed by atoms with van der Waals surface area (Å²) in [5, 5.41) is 6.75. The highest BCUT2D eigenvalue weighted by atomic mass is 32.2. The van der Waals surface area contributed by atoms with E-state index < -0.39 is 133 Å². The van der Waals surface area contributed by atoms with Gasteiger partial charge in [-0.1, -0.05) is 18.1 Å². The fraction of sp³-hybridized carbons (Fsp3) is 0.400. The predicted octanol–water partition coefficient (Wildman–Crippen LogP) is 2.34. The maximum atomic E-state index is 12.4. The van der Waals surface area contributed by atoms with Gasteiger partial charge in [-0.15, -0.1) is 0 Å². The van der Waals surface area contributed by atoms with Crippen molar-refractivity contribution >= 4 is 10.0 Å². The third-order valence-electron chi connectivity index (χ3n) is 2.67. The van der Waals surface area contributed by atoms with Crippen LogP contribution in [0.3, 0.4) is 0 Å². The molecule has 0 radical (unpaired) electrons. The molecule has 2 aromatic rings. The fourth-order valence-electron chi connectivity index (χ4n) is 1.60. The molecular weight excluding hydrogens is 380 g/mol. The average Bonchev–Trinajstić information content (AvgIpc) is 2.91. The van der Waals surface area contributed by atoms with Crippen molar-refractivity contribution in [2.45, 2.75) is 31.0 Å². The van der Waals surface area contributed by atoms with E-state index in [-0.39, 0.29) is 0 Å². The van der Waals surface area contributed by atoms with Crippen molar-refractivity contribution in [2.75, 3.05) is 26.7 Å². The normalized spacial score (nSPS) is 28.4. The van der Waals surface area contributed by atoms with Crippen molar-refractivity contribution in [3.8, 4) is 17.2 Å². The van der Waals surface area contributed by atoms with Crippen LogP contribution < -0.4 is 24.7 Å². The third-order valence-corrected chi connectivity index (χ3v) is 3.52. The Hall–Kier alpha value is -2.29. The van der Waals surface area contributed by atoms with E-state index in [1.807, 2.05) is 0 Å². The summed E-state index contributed by atoms with van der Waals surface area (Å²) in [5.74, 6) is -4.20. The maximum Gasteiger partial charge on any atom is 0.241 e. The van der Waals surface area contributed by atoms with Gasteiger partial charge < -0.3 is 19.5 Å². The molecule has 0 unspecified atom stereocenters. The van der Waals surface area contributed by atoms with Gasteiger partial charge in [0.1, 0.15) is 17.2 Å². The fourth-order valence-corrected chi connectivity index (χ4v) is 2.19. The first-order chi connectivity index (χ1) is 22.4. The van der Waals surface area contributed by atoms with Gasteiger partial charge in [0.15, 0.2) is 11.5 Å². The second kappa shape index (κ2) is 10.3. The first-order valence-electron chi connectivity index (χ1n) is 18.5. The smallest absolute Gasteiger partial charge is 0.241 e. The van der Waals surface area contributed by atoms with Gasteiger partial charge in [-0.05, 0) is 49.8 Å². The number of nitrogens with two attached hydrogens (primary N) is 1. The lowest BCUT2D eigenvalue weighted by atomic mass is 10.1. The molecule has 2 rings (SSSR count). The molecule has 0 amide bonds. The number of rotatable bonds is 11. The van der Waals surface area contributed by atoms with Gasteiger partial charge in [-0.2, -0.15) is 0 Å². The lowest BCUT2D eigenvalue weighted by molar-refractivity contribution is 0.272. The molecular formula is C20H28N2O5S. The molecule has 0 aliphatic carbocycles. The van der Waals surface area contributed by atoms with Gasteiger partial charge in [0, 0.05) is 24.9 Å². The second-order valence-electron chi connectivity index (χ2n) is 4.52. The average molecular weight is 432 g/mol. The number of para-hydroxylation sites is 2. The summed E-state index contributed by atoms with van der Waals surface area (Å²) in [6.45, 7) is -16.4. The quantitative estimate of drug-likeness (QED) is 0.566. The third kappa shape index (κ3) is 6.40. The summed E-state index contributed by atoms with van der Waals surface area (Å²) < 4.78 is 221. The molecule has 0 aliphatic rings. The van der Waals surface area contributed by atoms with Crippen LogP contribution in [0.2, 0.25) is 0 Å². The van der Waals surface area contributed by atoms with Crippen molar-refractivity contribution in [1.29, 1.82) is 0 Å². The summed E-state index contributed by atoms with van der Waals surface area (Å²) in [4.78, 5) is -1.67. The van der Waals surface area contributed by atoms with E-state index in [9.17, 15) is 8.42 Å². The highest BCUT2D eigenvalue weighted by molar-refractivity contribution is 7.89. The van der Waals surface area contributed by atoms with Crippen molar-refractivity contribution in [2.24, 2.45) is 5.14 Å². The Bertz CT molecular complexity index is 1790. The number of benzene rings is 2. The van der Waals surface area contributed by atoms with Crippen molar-refractivity contribution in [3.63, 3.8) is 0 Å². The van der Waals surface area contributed by atoms with E-state index in [2.05, 4.69) is 4.74 Å². The second-order valence-corrected chi connectivity index (χ2v) is 6.02. The monoisotopic (exact) mass is 431 g/mol. The Morgan fingerprint density at radius 2 is 2.04 bits per heavy atom. The molecule has 0 aliphatic heterocycles. The number of ether oxygens (including phenoxy) is 3. The number of hydrogen-bond donors (Lipinski definition) is 2. The minimum absolute atomic E-state index is 1.11. The van der Waals surface area contributed by atoms with Crippen LogP contribution >= 0.6 is 0 Å². The molecule has 7 nitrogen and oxygen atoms in total. The summed E-state index contributed by atoms with van der Waals surface area (Å²) in [5.41, 5.74) is -1.63. The zero-order valence-corrected chi connectivity index (χ0v) is 14.6. The number of nitrogens with one attached hydrogen (secondary N) is 1. The van der Waals surface area contributed by atoms with Crippen molar-refractivity contribution < 1.29 is 54.2 Å².